The zero-order valence-electron chi connectivity index (χ0n) is 15.5. The third kappa shape index (κ3) is 3.36. The maximum absolute atomic E-state index is 12.7. The van der Waals surface area contributed by atoms with E-state index in [2.05, 4.69) is 29.0 Å². The topological polar surface area (TPSA) is 69.3 Å². The van der Waals surface area contributed by atoms with Gasteiger partial charge in [-0.25, -0.2) is 4.98 Å². The molecule has 6 heteroatoms. The van der Waals surface area contributed by atoms with Crippen LogP contribution in [0.2, 0.25) is 0 Å². The van der Waals surface area contributed by atoms with E-state index in [4.69, 9.17) is 0 Å². The highest BCUT2D eigenvalue weighted by Crippen LogP contribution is 2.23. The molecule has 1 aliphatic rings. The second kappa shape index (κ2) is 6.96. The van der Waals surface area contributed by atoms with Gasteiger partial charge < -0.3 is 14.8 Å². The van der Waals surface area contributed by atoms with Gasteiger partial charge in [0.25, 0.3) is 11.5 Å². The number of carbonyl (C=O) groups is 1. The van der Waals surface area contributed by atoms with Crippen molar-refractivity contribution in [2.75, 3.05) is 27.2 Å². The van der Waals surface area contributed by atoms with E-state index in [1.165, 1.54) is 6.33 Å². The molecule has 1 aliphatic heterocycles. The highest BCUT2D eigenvalue weighted by Gasteiger charge is 2.27. The van der Waals surface area contributed by atoms with E-state index in [1.807, 2.05) is 47.4 Å². The number of aromatic amines is 1. The SMILES string of the molecule is CN(C)[C@H]1CCN(C(=O)c2ccc(-c3ccc4nc[nH]c(=O)c4c3)cc2)C1. The minimum Gasteiger partial charge on any atom is -0.337 e. The molecule has 0 radical (unpaired) electrons. The zero-order chi connectivity index (χ0) is 19.0. The summed E-state index contributed by atoms with van der Waals surface area (Å²) < 4.78 is 0. The second-order valence-electron chi connectivity index (χ2n) is 7.20. The third-order valence-corrected chi connectivity index (χ3v) is 5.29. The summed E-state index contributed by atoms with van der Waals surface area (Å²) in [6.07, 6.45) is 2.42. The van der Waals surface area contributed by atoms with Crippen molar-refractivity contribution in [2.45, 2.75) is 12.5 Å². The molecule has 2 heterocycles. The molecule has 0 bridgehead atoms. The van der Waals surface area contributed by atoms with Crippen molar-refractivity contribution in [1.29, 1.82) is 0 Å². The molecule has 1 aromatic heterocycles. The highest BCUT2D eigenvalue weighted by atomic mass is 16.2. The molecule has 1 fully saturated rings. The summed E-state index contributed by atoms with van der Waals surface area (Å²) in [5.41, 5.74) is 3.09. The Morgan fingerprint density at radius 3 is 2.59 bits per heavy atom. The number of hydrogen-bond donors (Lipinski definition) is 1. The van der Waals surface area contributed by atoms with Gasteiger partial charge in [-0.15, -0.1) is 0 Å². The first kappa shape index (κ1) is 17.4. The number of amides is 1. The van der Waals surface area contributed by atoms with Crippen molar-refractivity contribution in [3.8, 4) is 11.1 Å². The molecule has 0 spiro atoms. The van der Waals surface area contributed by atoms with Crippen molar-refractivity contribution in [3.05, 3.63) is 64.7 Å². The van der Waals surface area contributed by atoms with Gasteiger partial charge in [-0.1, -0.05) is 18.2 Å². The van der Waals surface area contributed by atoms with Crippen molar-refractivity contribution < 1.29 is 4.79 Å². The summed E-state index contributed by atoms with van der Waals surface area (Å²) in [5.74, 6) is 0.0741. The molecule has 0 unspecified atom stereocenters. The fourth-order valence-corrected chi connectivity index (χ4v) is 3.58. The number of likely N-dealkylation sites (tertiary alicyclic amines) is 1. The first-order valence-electron chi connectivity index (χ1n) is 9.06. The average molecular weight is 362 g/mol. The van der Waals surface area contributed by atoms with E-state index >= 15 is 0 Å². The molecule has 4 rings (SSSR count). The van der Waals surface area contributed by atoms with Gasteiger partial charge in [-0.3, -0.25) is 9.59 Å². The predicted octanol–water partition coefficient (Wildman–Crippen LogP) is 2.37. The van der Waals surface area contributed by atoms with E-state index < -0.39 is 0 Å². The normalized spacial score (nSPS) is 17.0. The monoisotopic (exact) mass is 362 g/mol. The number of nitrogens with one attached hydrogen (secondary N) is 1. The standard InChI is InChI=1S/C21H22N4O2/c1-24(2)17-9-10-25(12-17)21(27)15-5-3-14(4-6-15)16-7-8-19-18(11-16)20(26)23-13-22-19/h3-8,11,13,17H,9-10,12H2,1-2H3,(H,22,23,26)/t17-/m0/s1. The number of likely N-dealkylation sites (N-methyl/N-ethyl adjacent to an activating group) is 1. The van der Waals surface area contributed by atoms with Crippen LogP contribution in [-0.4, -0.2) is 58.9 Å². The molecule has 1 atom stereocenters. The lowest BCUT2D eigenvalue weighted by atomic mass is 10.0. The van der Waals surface area contributed by atoms with E-state index in [-0.39, 0.29) is 11.5 Å². The summed E-state index contributed by atoms with van der Waals surface area (Å²) in [7, 11) is 4.11. The van der Waals surface area contributed by atoms with Gasteiger partial charge in [-0.05, 0) is 55.9 Å². The first-order valence-corrected chi connectivity index (χ1v) is 9.06. The van der Waals surface area contributed by atoms with Crippen LogP contribution in [0.3, 0.4) is 0 Å². The van der Waals surface area contributed by atoms with Gasteiger partial charge in [0.1, 0.15) is 0 Å². The molecule has 6 nitrogen and oxygen atoms in total. The minimum absolute atomic E-state index is 0.0741. The summed E-state index contributed by atoms with van der Waals surface area (Å²) in [6, 6.07) is 13.6. The zero-order valence-corrected chi connectivity index (χ0v) is 15.5. The van der Waals surface area contributed by atoms with Crippen LogP contribution >= 0.6 is 0 Å². The molecule has 1 N–H and O–H groups in total. The third-order valence-electron chi connectivity index (χ3n) is 5.29. The Balaban J connectivity index is 1.57. The number of carbonyl (C=O) groups excluding carboxylic acids is 1. The highest BCUT2D eigenvalue weighted by molar-refractivity contribution is 5.95. The van der Waals surface area contributed by atoms with Crippen LogP contribution in [0.1, 0.15) is 16.8 Å². The van der Waals surface area contributed by atoms with Gasteiger partial charge in [0, 0.05) is 24.7 Å². The predicted molar refractivity (Wildman–Crippen MR) is 106 cm³/mol. The van der Waals surface area contributed by atoms with Gasteiger partial charge in [-0.2, -0.15) is 0 Å². The van der Waals surface area contributed by atoms with Crippen LogP contribution in [0.15, 0.2) is 53.6 Å². The van der Waals surface area contributed by atoms with Crippen LogP contribution in [0.25, 0.3) is 22.0 Å². The summed E-state index contributed by atoms with van der Waals surface area (Å²) >= 11 is 0. The fourth-order valence-electron chi connectivity index (χ4n) is 3.58. The fraction of sp³-hybridized carbons (Fsp3) is 0.286. The van der Waals surface area contributed by atoms with E-state index in [0.717, 1.165) is 30.6 Å². The van der Waals surface area contributed by atoms with Crippen LogP contribution in [0.4, 0.5) is 0 Å². The number of fused-ring (bicyclic) bond motifs is 1. The lowest BCUT2D eigenvalue weighted by Crippen LogP contribution is -2.34. The Kier molecular flexibility index (Phi) is 4.49. The van der Waals surface area contributed by atoms with Crippen LogP contribution in [-0.2, 0) is 0 Å². The Morgan fingerprint density at radius 2 is 1.89 bits per heavy atom. The molecular formula is C21H22N4O2. The summed E-state index contributed by atoms with van der Waals surface area (Å²) in [4.78, 5) is 35.6. The number of nitrogens with zero attached hydrogens (tertiary/aromatic N) is 3. The Morgan fingerprint density at radius 1 is 1.15 bits per heavy atom. The lowest BCUT2D eigenvalue weighted by molar-refractivity contribution is 0.0783. The molecule has 138 valence electrons. The number of H-pyrrole nitrogens is 1. The van der Waals surface area contributed by atoms with Crippen molar-refractivity contribution in [2.24, 2.45) is 0 Å². The lowest BCUT2D eigenvalue weighted by Gasteiger charge is -2.20. The maximum Gasteiger partial charge on any atom is 0.258 e. The molecule has 2 aromatic carbocycles. The van der Waals surface area contributed by atoms with E-state index in [9.17, 15) is 9.59 Å². The number of aromatic nitrogens is 2. The smallest absolute Gasteiger partial charge is 0.258 e. The Bertz CT molecular complexity index is 1040. The van der Waals surface area contributed by atoms with Crippen LogP contribution in [0.5, 0.6) is 0 Å². The molecular weight excluding hydrogens is 340 g/mol. The van der Waals surface area contributed by atoms with Crippen molar-refractivity contribution in [1.82, 2.24) is 19.8 Å². The molecule has 0 saturated carbocycles. The molecule has 0 aliphatic carbocycles. The minimum atomic E-state index is -0.155. The summed E-state index contributed by atoms with van der Waals surface area (Å²) in [5, 5.41) is 0.557. The molecule has 3 aromatic rings. The molecule has 27 heavy (non-hydrogen) atoms. The van der Waals surface area contributed by atoms with Crippen LogP contribution < -0.4 is 5.56 Å². The second-order valence-corrected chi connectivity index (χ2v) is 7.20. The van der Waals surface area contributed by atoms with E-state index in [0.29, 0.717) is 22.5 Å². The largest absolute Gasteiger partial charge is 0.337 e. The van der Waals surface area contributed by atoms with Gasteiger partial charge in [0.05, 0.1) is 17.2 Å². The number of hydrogen-bond acceptors (Lipinski definition) is 4. The summed E-state index contributed by atoms with van der Waals surface area (Å²) in [6.45, 7) is 1.57. The van der Waals surface area contributed by atoms with Crippen LogP contribution in [0, 0.1) is 0 Å². The first-order chi connectivity index (χ1) is 13.0. The van der Waals surface area contributed by atoms with E-state index in [1.54, 1.807) is 0 Å². The number of benzene rings is 2. The molecule has 1 amide bonds. The van der Waals surface area contributed by atoms with Crippen molar-refractivity contribution >= 4 is 16.8 Å². The van der Waals surface area contributed by atoms with Gasteiger partial charge in [0.2, 0.25) is 0 Å². The van der Waals surface area contributed by atoms with Crippen molar-refractivity contribution in [3.63, 3.8) is 0 Å². The van der Waals surface area contributed by atoms with Gasteiger partial charge in [0.15, 0.2) is 0 Å². The molecule has 1 saturated heterocycles. The Hall–Kier alpha value is -2.99. The Labute approximate surface area is 157 Å². The maximum atomic E-state index is 12.7. The quantitative estimate of drug-likeness (QED) is 0.777. The van der Waals surface area contributed by atoms with Gasteiger partial charge >= 0.3 is 0 Å². The number of rotatable bonds is 3. The average Bonchev–Trinajstić information content (AvgIpc) is 3.18.